The number of ether oxygens (including phenoxy) is 1. The smallest absolute Gasteiger partial charge is 0.325 e. The first-order valence-corrected chi connectivity index (χ1v) is 8.27. The number of hydrogen-bond acceptors (Lipinski definition) is 4. The van der Waals surface area contributed by atoms with E-state index in [9.17, 15) is 4.79 Å². The molecule has 2 aliphatic carbocycles. The van der Waals surface area contributed by atoms with Gasteiger partial charge in [0.2, 0.25) is 0 Å². The highest BCUT2D eigenvalue weighted by Crippen LogP contribution is 2.41. The average Bonchev–Trinajstić information content (AvgIpc) is 2.90. The maximum Gasteiger partial charge on any atom is 0.325 e. The van der Waals surface area contributed by atoms with Crippen molar-refractivity contribution in [1.82, 2.24) is 4.90 Å². The molecule has 114 valence electrons. The molecule has 0 aromatic carbocycles. The van der Waals surface area contributed by atoms with Gasteiger partial charge in [0.25, 0.3) is 0 Å². The summed E-state index contributed by atoms with van der Waals surface area (Å²) in [5, 5.41) is 0. The Balaban J connectivity index is 1.69. The molecule has 4 atom stereocenters. The van der Waals surface area contributed by atoms with Crippen molar-refractivity contribution in [1.29, 1.82) is 0 Å². The molecule has 4 unspecified atom stereocenters. The molecule has 4 nitrogen and oxygen atoms in total. The summed E-state index contributed by atoms with van der Waals surface area (Å²) in [6.45, 7) is 1.21. The highest BCUT2D eigenvalue weighted by molar-refractivity contribution is 5.80. The summed E-state index contributed by atoms with van der Waals surface area (Å²) in [5.74, 6) is 0.678. The summed E-state index contributed by atoms with van der Waals surface area (Å²) >= 11 is 0. The van der Waals surface area contributed by atoms with Gasteiger partial charge in [-0.15, -0.1) is 0 Å². The van der Waals surface area contributed by atoms with Gasteiger partial charge in [0.1, 0.15) is 5.54 Å². The second kappa shape index (κ2) is 5.64. The van der Waals surface area contributed by atoms with Gasteiger partial charge in [0.05, 0.1) is 7.11 Å². The summed E-state index contributed by atoms with van der Waals surface area (Å²) in [6.07, 6.45) is 10.7. The van der Waals surface area contributed by atoms with Crippen LogP contribution in [-0.2, 0) is 9.53 Å². The molecular formula is C16H28N2O2. The molecule has 1 aliphatic heterocycles. The maximum atomic E-state index is 12.0. The lowest BCUT2D eigenvalue weighted by Gasteiger charge is -2.43. The molecule has 1 saturated heterocycles. The number of methoxy groups -OCH3 is 1. The molecule has 3 fully saturated rings. The van der Waals surface area contributed by atoms with Crippen molar-refractivity contribution in [3.05, 3.63) is 0 Å². The van der Waals surface area contributed by atoms with Crippen LogP contribution in [0.3, 0.4) is 0 Å². The fraction of sp³-hybridized carbons (Fsp3) is 0.938. The largest absolute Gasteiger partial charge is 0.468 e. The SMILES string of the molecule is COC(=O)C1(N)CCCC(N2CCC3CCCCC32)C1. The first kappa shape index (κ1) is 14.3. The number of rotatable bonds is 2. The van der Waals surface area contributed by atoms with Crippen molar-refractivity contribution in [2.24, 2.45) is 11.7 Å². The fourth-order valence-electron chi connectivity index (χ4n) is 4.84. The number of carbonyl (C=O) groups is 1. The number of esters is 1. The Hall–Kier alpha value is -0.610. The van der Waals surface area contributed by atoms with Gasteiger partial charge < -0.3 is 10.5 Å². The lowest BCUT2D eigenvalue weighted by Crippen LogP contribution is -2.57. The molecule has 3 rings (SSSR count). The van der Waals surface area contributed by atoms with Gasteiger partial charge in [0.15, 0.2) is 0 Å². The standard InChI is InChI=1S/C16H28N2O2/c1-20-15(19)16(17)9-4-6-13(11-16)18-10-8-12-5-2-3-7-14(12)18/h12-14H,2-11,17H2,1H3. The second-order valence-corrected chi connectivity index (χ2v) is 7.04. The van der Waals surface area contributed by atoms with E-state index in [4.69, 9.17) is 10.5 Å². The zero-order valence-electron chi connectivity index (χ0n) is 12.6. The minimum atomic E-state index is -0.746. The quantitative estimate of drug-likeness (QED) is 0.787. The highest BCUT2D eigenvalue weighted by atomic mass is 16.5. The summed E-state index contributed by atoms with van der Waals surface area (Å²) in [5.41, 5.74) is 5.59. The summed E-state index contributed by atoms with van der Waals surface area (Å²) in [7, 11) is 1.45. The molecule has 2 N–H and O–H groups in total. The molecule has 0 spiro atoms. The number of nitrogens with zero attached hydrogens (tertiary/aromatic N) is 1. The average molecular weight is 280 g/mol. The third-order valence-electron chi connectivity index (χ3n) is 5.87. The Labute approximate surface area is 122 Å². The predicted octanol–water partition coefficient (Wildman–Crippen LogP) is 2.06. The Morgan fingerprint density at radius 2 is 2.00 bits per heavy atom. The number of fused-ring (bicyclic) bond motifs is 1. The van der Waals surface area contributed by atoms with E-state index in [2.05, 4.69) is 4.90 Å². The van der Waals surface area contributed by atoms with Gasteiger partial charge in [-0.2, -0.15) is 0 Å². The molecule has 3 aliphatic rings. The van der Waals surface area contributed by atoms with Crippen molar-refractivity contribution in [3.8, 4) is 0 Å². The minimum absolute atomic E-state index is 0.221. The van der Waals surface area contributed by atoms with E-state index in [-0.39, 0.29) is 5.97 Å². The fourth-order valence-corrected chi connectivity index (χ4v) is 4.84. The molecule has 0 radical (unpaired) electrons. The van der Waals surface area contributed by atoms with E-state index < -0.39 is 5.54 Å². The summed E-state index contributed by atoms with van der Waals surface area (Å²) < 4.78 is 4.93. The van der Waals surface area contributed by atoms with Crippen LogP contribution in [0, 0.1) is 5.92 Å². The molecule has 0 bridgehead atoms. The van der Waals surface area contributed by atoms with Gasteiger partial charge >= 0.3 is 5.97 Å². The number of nitrogens with two attached hydrogens (primary N) is 1. The molecule has 0 aromatic rings. The van der Waals surface area contributed by atoms with Crippen LogP contribution in [0.15, 0.2) is 0 Å². The predicted molar refractivity (Wildman–Crippen MR) is 78.3 cm³/mol. The normalized spacial score (nSPS) is 42.2. The number of carbonyl (C=O) groups excluding carboxylic acids is 1. The molecular weight excluding hydrogens is 252 g/mol. The van der Waals surface area contributed by atoms with Crippen LogP contribution < -0.4 is 5.73 Å². The first-order chi connectivity index (χ1) is 9.64. The van der Waals surface area contributed by atoms with Crippen molar-refractivity contribution < 1.29 is 9.53 Å². The van der Waals surface area contributed by atoms with Gasteiger partial charge in [-0.25, -0.2) is 0 Å². The zero-order valence-corrected chi connectivity index (χ0v) is 12.6. The van der Waals surface area contributed by atoms with E-state index >= 15 is 0 Å². The van der Waals surface area contributed by atoms with Crippen LogP contribution in [0.4, 0.5) is 0 Å². The van der Waals surface area contributed by atoms with Gasteiger partial charge in [-0.05, 0) is 57.4 Å². The van der Waals surface area contributed by atoms with E-state index in [1.165, 1.54) is 52.2 Å². The second-order valence-electron chi connectivity index (χ2n) is 7.04. The van der Waals surface area contributed by atoms with Crippen LogP contribution >= 0.6 is 0 Å². The molecule has 1 heterocycles. The number of likely N-dealkylation sites (tertiary alicyclic amines) is 1. The Bertz CT molecular complexity index is 373. The summed E-state index contributed by atoms with van der Waals surface area (Å²) in [6, 6.07) is 1.25. The van der Waals surface area contributed by atoms with E-state index in [0.717, 1.165) is 31.2 Å². The topological polar surface area (TPSA) is 55.6 Å². The molecule has 0 amide bonds. The third-order valence-corrected chi connectivity index (χ3v) is 5.87. The van der Waals surface area contributed by atoms with Gasteiger partial charge in [-0.3, -0.25) is 9.69 Å². The van der Waals surface area contributed by atoms with Crippen LogP contribution in [-0.4, -0.2) is 42.1 Å². The van der Waals surface area contributed by atoms with Crippen molar-refractivity contribution in [3.63, 3.8) is 0 Å². The third kappa shape index (κ3) is 2.48. The van der Waals surface area contributed by atoms with Gasteiger partial charge in [0, 0.05) is 12.1 Å². The molecule has 4 heteroatoms. The Morgan fingerprint density at radius 1 is 1.20 bits per heavy atom. The van der Waals surface area contributed by atoms with Crippen molar-refractivity contribution >= 4 is 5.97 Å². The van der Waals surface area contributed by atoms with Crippen LogP contribution in [0.1, 0.15) is 57.8 Å². The van der Waals surface area contributed by atoms with E-state index in [1.54, 1.807) is 0 Å². The van der Waals surface area contributed by atoms with E-state index in [1.807, 2.05) is 0 Å². The summed E-state index contributed by atoms with van der Waals surface area (Å²) in [4.78, 5) is 14.7. The lowest BCUT2D eigenvalue weighted by molar-refractivity contribution is -0.149. The minimum Gasteiger partial charge on any atom is -0.468 e. The zero-order chi connectivity index (χ0) is 14.2. The van der Waals surface area contributed by atoms with Crippen LogP contribution in [0.5, 0.6) is 0 Å². The van der Waals surface area contributed by atoms with Gasteiger partial charge in [-0.1, -0.05) is 12.8 Å². The van der Waals surface area contributed by atoms with E-state index in [0.29, 0.717) is 6.04 Å². The molecule has 20 heavy (non-hydrogen) atoms. The maximum absolute atomic E-state index is 12.0. The molecule has 0 aromatic heterocycles. The molecule has 2 saturated carbocycles. The van der Waals surface area contributed by atoms with Crippen molar-refractivity contribution in [2.45, 2.75) is 75.4 Å². The lowest BCUT2D eigenvalue weighted by atomic mass is 9.78. The highest BCUT2D eigenvalue weighted by Gasteiger charge is 2.46. The first-order valence-electron chi connectivity index (χ1n) is 8.27. The van der Waals surface area contributed by atoms with Crippen LogP contribution in [0.25, 0.3) is 0 Å². The van der Waals surface area contributed by atoms with Crippen LogP contribution in [0.2, 0.25) is 0 Å². The monoisotopic (exact) mass is 280 g/mol. The Morgan fingerprint density at radius 3 is 2.80 bits per heavy atom. The Kier molecular flexibility index (Phi) is 4.04. The number of hydrogen-bond donors (Lipinski definition) is 1. The van der Waals surface area contributed by atoms with Crippen molar-refractivity contribution in [2.75, 3.05) is 13.7 Å².